The van der Waals surface area contributed by atoms with E-state index in [0.717, 1.165) is 5.56 Å². The fourth-order valence-electron chi connectivity index (χ4n) is 2.10. The van der Waals surface area contributed by atoms with Crippen LogP contribution in [0.4, 0.5) is 0 Å². The number of aromatic nitrogens is 2. The van der Waals surface area contributed by atoms with Gasteiger partial charge < -0.3 is 4.74 Å². The average molecular weight is 304 g/mol. The van der Waals surface area contributed by atoms with Crippen molar-refractivity contribution in [3.63, 3.8) is 0 Å². The summed E-state index contributed by atoms with van der Waals surface area (Å²) in [5.74, 6) is -0.531. The van der Waals surface area contributed by atoms with Gasteiger partial charge in [0.25, 0.3) is 0 Å². The third-order valence-corrected chi connectivity index (χ3v) is 3.50. The van der Waals surface area contributed by atoms with Crippen LogP contribution >= 0.6 is 11.6 Å². The fraction of sp³-hybridized carbons (Fsp3) is 0.267. The molecule has 6 heteroatoms. The van der Waals surface area contributed by atoms with E-state index in [4.69, 9.17) is 21.6 Å². The second-order valence-electron chi connectivity index (χ2n) is 4.53. The molecule has 0 aliphatic carbocycles. The molecule has 1 aromatic heterocycles. The lowest BCUT2D eigenvalue weighted by atomic mass is 10.2. The lowest BCUT2D eigenvalue weighted by Gasteiger charge is -2.07. The Morgan fingerprint density at radius 3 is 2.81 bits per heavy atom. The number of esters is 1. The molecule has 1 aromatic carbocycles. The van der Waals surface area contributed by atoms with E-state index in [9.17, 15) is 4.79 Å². The second-order valence-corrected chi connectivity index (χ2v) is 4.94. The lowest BCUT2D eigenvalue weighted by molar-refractivity contribution is 0.0553. The van der Waals surface area contributed by atoms with Crippen molar-refractivity contribution in [3.8, 4) is 6.07 Å². The SMILES string of the molecule is Cc1nn(Cc2ccccc2Cl)c(C)c1C(=O)OCC#N. The molecule has 0 radical (unpaired) electrons. The molecule has 108 valence electrons. The monoisotopic (exact) mass is 303 g/mol. The summed E-state index contributed by atoms with van der Waals surface area (Å²) in [4.78, 5) is 11.9. The summed E-state index contributed by atoms with van der Waals surface area (Å²) in [6, 6.07) is 9.25. The minimum atomic E-state index is -0.531. The van der Waals surface area contributed by atoms with Gasteiger partial charge in [0.05, 0.1) is 17.9 Å². The van der Waals surface area contributed by atoms with Crippen LogP contribution in [0.5, 0.6) is 0 Å². The quantitative estimate of drug-likeness (QED) is 0.814. The summed E-state index contributed by atoms with van der Waals surface area (Å²) in [7, 11) is 0. The van der Waals surface area contributed by atoms with Crippen molar-refractivity contribution >= 4 is 17.6 Å². The summed E-state index contributed by atoms with van der Waals surface area (Å²) in [5, 5.41) is 13.5. The highest BCUT2D eigenvalue weighted by Crippen LogP contribution is 2.20. The van der Waals surface area contributed by atoms with E-state index in [1.807, 2.05) is 24.3 Å². The molecule has 0 aliphatic heterocycles. The average Bonchev–Trinajstić information content (AvgIpc) is 2.73. The van der Waals surface area contributed by atoms with E-state index in [1.54, 1.807) is 24.6 Å². The molecule has 2 rings (SSSR count). The Morgan fingerprint density at radius 2 is 2.14 bits per heavy atom. The Morgan fingerprint density at radius 1 is 1.43 bits per heavy atom. The molecule has 0 fully saturated rings. The van der Waals surface area contributed by atoms with Gasteiger partial charge in [-0.2, -0.15) is 10.4 Å². The zero-order chi connectivity index (χ0) is 15.4. The standard InChI is InChI=1S/C15H14ClN3O2/c1-10-14(15(20)21-8-7-17)11(2)19(18-10)9-12-5-3-4-6-13(12)16/h3-6H,8-9H2,1-2H3. The Kier molecular flexibility index (Phi) is 4.61. The van der Waals surface area contributed by atoms with Crippen molar-refractivity contribution in [3.05, 3.63) is 51.8 Å². The van der Waals surface area contributed by atoms with Gasteiger partial charge in [-0.25, -0.2) is 4.79 Å². The fourth-order valence-corrected chi connectivity index (χ4v) is 2.30. The Bertz CT molecular complexity index is 716. The number of hydrogen-bond acceptors (Lipinski definition) is 4. The highest BCUT2D eigenvalue weighted by Gasteiger charge is 2.20. The van der Waals surface area contributed by atoms with Crippen LogP contribution in [-0.4, -0.2) is 22.4 Å². The van der Waals surface area contributed by atoms with Crippen molar-refractivity contribution in [1.82, 2.24) is 9.78 Å². The van der Waals surface area contributed by atoms with Gasteiger partial charge in [0.15, 0.2) is 6.61 Å². The number of rotatable bonds is 4. The van der Waals surface area contributed by atoms with Gasteiger partial charge in [-0.1, -0.05) is 29.8 Å². The number of aryl methyl sites for hydroxylation is 1. The lowest BCUT2D eigenvalue weighted by Crippen LogP contribution is -2.09. The maximum absolute atomic E-state index is 11.9. The van der Waals surface area contributed by atoms with Gasteiger partial charge >= 0.3 is 5.97 Å². The van der Waals surface area contributed by atoms with Crippen LogP contribution in [0.2, 0.25) is 5.02 Å². The maximum Gasteiger partial charge on any atom is 0.342 e. The summed E-state index contributed by atoms with van der Waals surface area (Å²) >= 11 is 6.14. The Balaban J connectivity index is 2.29. The second kappa shape index (κ2) is 6.42. The largest absolute Gasteiger partial charge is 0.447 e. The molecule has 0 saturated carbocycles. The topological polar surface area (TPSA) is 67.9 Å². The van der Waals surface area contributed by atoms with Crippen LogP contribution in [0.3, 0.4) is 0 Å². The van der Waals surface area contributed by atoms with E-state index >= 15 is 0 Å². The number of hydrogen-bond donors (Lipinski definition) is 0. The van der Waals surface area contributed by atoms with Gasteiger partial charge in [-0.15, -0.1) is 0 Å². The molecule has 0 bridgehead atoms. The third kappa shape index (κ3) is 3.23. The molecule has 0 N–H and O–H groups in total. The molecular formula is C15H14ClN3O2. The first-order valence-electron chi connectivity index (χ1n) is 6.36. The zero-order valence-corrected chi connectivity index (χ0v) is 12.5. The molecule has 5 nitrogen and oxygen atoms in total. The first-order valence-corrected chi connectivity index (χ1v) is 6.74. The summed E-state index contributed by atoms with van der Waals surface area (Å²) in [6.07, 6.45) is 0. The molecule has 0 aliphatic rings. The van der Waals surface area contributed by atoms with E-state index in [1.165, 1.54) is 0 Å². The van der Waals surface area contributed by atoms with Gasteiger partial charge in [0.1, 0.15) is 11.6 Å². The maximum atomic E-state index is 11.9. The zero-order valence-electron chi connectivity index (χ0n) is 11.8. The molecule has 0 unspecified atom stereocenters. The van der Waals surface area contributed by atoms with E-state index in [0.29, 0.717) is 28.5 Å². The smallest absolute Gasteiger partial charge is 0.342 e. The van der Waals surface area contributed by atoms with Crippen LogP contribution < -0.4 is 0 Å². The van der Waals surface area contributed by atoms with Crippen LogP contribution in [0, 0.1) is 25.2 Å². The number of nitriles is 1. The summed E-state index contributed by atoms with van der Waals surface area (Å²) < 4.78 is 6.55. The van der Waals surface area contributed by atoms with Crippen LogP contribution in [-0.2, 0) is 11.3 Å². The predicted octanol–water partition coefficient (Wildman–Crippen LogP) is 2.88. The van der Waals surface area contributed by atoms with Crippen LogP contribution in [0.1, 0.15) is 27.3 Å². The minimum absolute atomic E-state index is 0.270. The highest BCUT2D eigenvalue weighted by molar-refractivity contribution is 6.31. The summed E-state index contributed by atoms with van der Waals surface area (Å²) in [5.41, 5.74) is 2.58. The van der Waals surface area contributed by atoms with Crippen LogP contribution in [0.25, 0.3) is 0 Å². The van der Waals surface area contributed by atoms with Crippen molar-refractivity contribution in [2.45, 2.75) is 20.4 Å². The molecular weight excluding hydrogens is 290 g/mol. The molecule has 0 saturated heterocycles. The minimum Gasteiger partial charge on any atom is -0.447 e. The van der Waals surface area contributed by atoms with E-state index < -0.39 is 5.97 Å². The van der Waals surface area contributed by atoms with Crippen molar-refractivity contribution in [1.29, 1.82) is 5.26 Å². The Labute approximate surface area is 127 Å². The summed E-state index contributed by atoms with van der Waals surface area (Å²) in [6.45, 7) is 3.73. The molecule has 2 aromatic rings. The highest BCUT2D eigenvalue weighted by atomic mass is 35.5. The van der Waals surface area contributed by atoms with Crippen molar-refractivity contribution < 1.29 is 9.53 Å². The van der Waals surface area contributed by atoms with Gasteiger partial charge in [-0.05, 0) is 25.5 Å². The van der Waals surface area contributed by atoms with Crippen LogP contribution in [0.15, 0.2) is 24.3 Å². The number of carbonyl (C=O) groups excluding carboxylic acids is 1. The number of ether oxygens (including phenoxy) is 1. The first kappa shape index (κ1) is 15.1. The van der Waals surface area contributed by atoms with Gasteiger partial charge in [-0.3, -0.25) is 4.68 Å². The first-order chi connectivity index (χ1) is 10.0. The molecule has 0 amide bonds. The number of halogens is 1. The number of nitrogens with zero attached hydrogens (tertiary/aromatic N) is 3. The van der Waals surface area contributed by atoms with Crippen molar-refractivity contribution in [2.24, 2.45) is 0 Å². The van der Waals surface area contributed by atoms with E-state index in [-0.39, 0.29) is 6.61 Å². The normalized spacial score (nSPS) is 10.2. The number of carbonyl (C=O) groups is 1. The Hall–Kier alpha value is -2.32. The molecule has 0 atom stereocenters. The van der Waals surface area contributed by atoms with Gasteiger partial charge in [0.2, 0.25) is 0 Å². The molecule has 21 heavy (non-hydrogen) atoms. The number of benzene rings is 1. The molecule has 1 heterocycles. The molecule has 0 spiro atoms. The van der Waals surface area contributed by atoms with Crippen molar-refractivity contribution in [2.75, 3.05) is 6.61 Å². The third-order valence-electron chi connectivity index (χ3n) is 3.13. The van der Waals surface area contributed by atoms with Gasteiger partial charge in [0, 0.05) is 5.02 Å². The van der Waals surface area contributed by atoms with E-state index in [2.05, 4.69) is 5.10 Å². The predicted molar refractivity (Wildman–Crippen MR) is 78.2 cm³/mol.